The quantitative estimate of drug-likeness (QED) is 0.519. The minimum Gasteiger partial charge on any atom is -0.312 e. The van der Waals surface area contributed by atoms with E-state index in [1.54, 1.807) is 29.7 Å². The molecule has 0 saturated heterocycles. The van der Waals surface area contributed by atoms with Crippen LogP contribution in [0.2, 0.25) is 0 Å². The van der Waals surface area contributed by atoms with Gasteiger partial charge in [-0.05, 0) is 37.3 Å². The van der Waals surface area contributed by atoms with E-state index in [2.05, 4.69) is 16.6 Å². The first kappa shape index (κ1) is 16.4. The Hall–Kier alpha value is -3.06. The Morgan fingerprint density at radius 2 is 2.23 bits per heavy atom. The van der Waals surface area contributed by atoms with Crippen LogP contribution in [0.15, 0.2) is 60.2 Å². The van der Waals surface area contributed by atoms with Gasteiger partial charge in [-0.25, -0.2) is 9.37 Å². The number of halogens is 1. The number of amides is 1. The average Bonchev–Trinajstić information content (AvgIpc) is 3.11. The molecule has 4 aromatic rings. The molecule has 7 heteroatoms. The van der Waals surface area contributed by atoms with E-state index in [9.17, 15) is 9.18 Å². The second-order valence-corrected chi connectivity index (χ2v) is 6.80. The van der Waals surface area contributed by atoms with Gasteiger partial charge in [-0.3, -0.25) is 9.20 Å². The van der Waals surface area contributed by atoms with E-state index in [0.29, 0.717) is 28.4 Å². The molecule has 0 bridgehead atoms. The number of carbonyl (C=O) groups excluding carboxylic acids is 1. The number of rotatable bonds is 3. The van der Waals surface area contributed by atoms with Crippen LogP contribution >= 0.6 is 11.3 Å². The lowest BCUT2D eigenvalue weighted by molar-refractivity contribution is 0.0991. The predicted octanol–water partition coefficient (Wildman–Crippen LogP) is 3.73. The summed E-state index contributed by atoms with van der Waals surface area (Å²) in [7, 11) is 0. The van der Waals surface area contributed by atoms with Gasteiger partial charge in [0.05, 0.1) is 15.9 Å². The first-order valence-corrected chi connectivity index (χ1v) is 8.82. The van der Waals surface area contributed by atoms with Crippen LogP contribution in [-0.4, -0.2) is 19.9 Å². The number of nitrogens with zero attached hydrogens (tertiary/aromatic N) is 4. The van der Waals surface area contributed by atoms with E-state index in [1.807, 2.05) is 22.8 Å². The van der Waals surface area contributed by atoms with E-state index in [1.165, 1.54) is 23.5 Å². The lowest BCUT2D eigenvalue weighted by Crippen LogP contribution is -2.17. The largest absolute Gasteiger partial charge is 0.312 e. The molecule has 1 amide bonds. The second kappa shape index (κ2) is 6.34. The van der Waals surface area contributed by atoms with Gasteiger partial charge < -0.3 is 4.57 Å². The fourth-order valence-corrected chi connectivity index (χ4v) is 4.01. The van der Waals surface area contributed by atoms with Crippen LogP contribution in [0.4, 0.5) is 4.39 Å². The normalized spacial score (nSPS) is 12.2. The Balaban J connectivity index is 1.92. The fraction of sp³-hybridized carbons (Fsp3) is 0.105. The lowest BCUT2D eigenvalue weighted by Gasteiger charge is -2.01. The Morgan fingerprint density at radius 3 is 3.04 bits per heavy atom. The first-order valence-electron chi connectivity index (χ1n) is 8.01. The zero-order valence-corrected chi connectivity index (χ0v) is 14.8. The molecule has 5 nitrogen and oxygen atoms in total. The average molecular weight is 366 g/mol. The SMILES string of the molecule is C=CCn1c(=NC(=O)c2c(C)nc3ccccn23)sc2cc(F)ccc21. The fourth-order valence-electron chi connectivity index (χ4n) is 2.95. The number of pyridine rings is 1. The highest BCUT2D eigenvalue weighted by Gasteiger charge is 2.16. The summed E-state index contributed by atoms with van der Waals surface area (Å²) in [5.74, 6) is -0.703. The molecule has 3 aromatic heterocycles. The number of allylic oxidation sites excluding steroid dienone is 1. The molecule has 0 atom stereocenters. The van der Waals surface area contributed by atoms with Crippen LogP contribution in [0.3, 0.4) is 0 Å². The van der Waals surface area contributed by atoms with Gasteiger partial charge in [0.15, 0.2) is 4.80 Å². The van der Waals surface area contributed by atoms with Gasteiger partial charge >= 0.3 is 0 Å². The summed E-state index contributed by atoms with van der Waals surface area (Å²) in [5.41, 5.74) is 2.56. The molecule has 0 saturated carbocycles. The molecule has 0 aliphatic rings. The van der Waals surface area contributed by atoms with Crippen molar-refractivity contribution < 1.29 is 9.18 Å². The summed E-state index contributed by atoms with van der Waals surface area (Å²) >= 11 is 1.27. The topological polar surface area (TPSA) is 51.7 Å². The molecular weight excluding hydrogens is 351 g/mol. The van der Waals surface area contributed by atoms with Gasteiger partial charge in [0, 0.05) is 12.7 Å². The molecule has 0 aliphatic carbocycles. The van der Waals surface area contributed by atoms with Crippen molar-refractivity contribution in [1.29, 1.82) is 0 Å². The van der Waals surface area contributed by atoms with Gasteiger partial charge in [-0.15, -0.1) is 6.58 Å². The van der Waals surface area contributed by atoms with Gasteiger partial charge in [-0.1, -0.05) is 23.5 Å². The lowest BCUT2D eigenvalue weighted by atomic mass is 10.3. The number of carbonyl (C=O) groups is 1. The second-order valence-electron chi connectivity index (χ2n) is 5.79. The Kier molecular flexibility index (Phi) is 4.00. The Labute approximate surface area is 152 Å². The summed E-state index contributed by atoms with van der Waals surface area (Å²) in [6.45, 7) is 6.02. The molecule has 0 N–H and O–H groups in total. The molecule has 0 radical (unpaired) electrons. The maximum atomic E-state index is 13.5. The monoisotopic (exact) mass is 366 g/mol. The summed E-state index contributed by atoms with van der Waals surface area (Å²) in [4.78, 5) is 22.1. The van der Waals surface area contributed by atoms with Crippen LogP contribution in [-0.2, 0) is 6.54 Å². The summed E-state index contributed by atoms with van der Waals surface area (Å²) < 4.78 is 17.9. The number of fused-ring (bicyclic) bond motifs is 2. The van der Waals surface area contributed by atoms with Crippen molar-refractivity contribution in [2.75, 3.05) is 0 Å². The maximum Gasteiger partial charge on any atom is 0.298 e. The number of thiazole rings is 1. The van der Waals surface area contributed by atoms with Crippen molar-refractivity contribution >= 4 is 33.1 Å². The summed E-state index contributed by atoms with van der Waals surface area (Å²) in [6.07, 6.45) is 3.51. The number of benzene rings is 1. The standard InChI is InChI=1S/C19H15FN4OS/c1-3-9-23-14-8-7-13(20)11-15(14)26-19(23)22-18(25)17-12(2)21-16-6-4-5-10-24(16)17/h3-8,10-11H,1,9H2,2H3. The van der Waals surface area contributed by atoms with Gasteiger partial charge in [0.2, 0.25) is 0 Å². The van der Waals surface area contributed by atoms with E-state index in [-0.39, 0.29) is 11.7 Å². The smallest absolute Gasteiger partial charge is 0.298 e. The molecular formula is C19H15FN4OS. The van der Waals surface area contributed by atoms with E-state index in [0.717, 1.165) is 10.2 Å². The molecule has 0 fully saturated rings. The van der Waals surface area contributed by atoms with Crippen LogP contribution in [0.1, 0.15) is 16.2 Å². The molecule has 130 valence electrons. The summed E-state index contributed by atoms with van der Waals surface area (Å²) in [5, 5.41) is 0. The van der Waals surface area contributed by atoms with Crippen LogP contribution in [0.25, 0.3) is 15.9 Å². The zero-order valence-electron chi connectivity index (χ0n) is 14.0. The maximum absolute atomic E-state index is 13.5. The molecule has 4 rings (SSSR count). The van der Waals surface area contributed by atoms with Crippen molar-refractivity contribution in [1.82, 2.24) is 14.0 Å². The molecule has 26 heavy (non-hydrogen) atoms. The van der Waals surface area contributed by atoms with Gasteiger partial charge in [0.1, 0.15) is 17.2 Å². The number of imidazole rings is 1. The van der Waals surface area contributed by atoms with Crippen molar-refractivity contribution in [2.24, 2.45) is 4.99 Å². The number of aryl methyl sites for hydroxylation is 1. The summed E-state index contributed by atoms with van der Waals surface area (Å²) in [6, 6.07) is 10.1. The molecule has 1 aromatic carbocycles. The molecule has 0 spiro atoms. The van der Waals surface area contributed by atoms with Gasteiger partial charge in [0.25, 0.3) is 5.91 Å². The third-order valence-electron chi connectivity index (χ3n) is 4.06. The third-order valence-corrected chi connectivity index (χ3v) is 5.10. The third kappa shape index (κ3) is 2.66. The molecule has 0 unspecified atom stereocenters. The van der Waals surface area contributed by atoms with E-state index < -0.39 is 0 Å². The van der Waals surface area contributed by atoms with Crippen molar-refractivity contribution in [3.8, 4) is 0 Å². The van der Waals surface area contributed by atoms with Crippen LogP contribution in [0, 0.1) is 12.7 Å². The van der Waals surface area contributed by atoms with E-state index in [4.69, 9.17) is 0 Å². The highest BCUT2D eigenvalue weighted by atomic mass is 32.1. The molecule has 3 heterocycles. The number of aromatic nitrogens is 3. The van der Waals surface area contributed by atoms with Crippen molar-refractivity contribution in [3.05, 3.63) is 77.3 Å². The Bertz CT molecular complexity index is 1230. The first-order chi connectivity index (χ1) is 12.6. The number of hydrogen-bond acceptors (Lipinski definition) is 3. The minimum atomic E-state index is -0.383. The van der Waals surface area contributed by atoms with Crippen LogP contribution in [0.5, 0.6) is 0 Å². The predicted molar refractivity (Wildman–Crippen MR) is 99.8 cm³/mol. The highest BCUT2D eigenvalue weighted by Crippen LogP contribution is 2.19. The van der Waals surface area contributed by atoms with Gasteiger partial charge in [-0.2, -0.15) is 4.99 Å². The van der Waals surface area contributed by atoms with Crippen LogP contribution < -0.4 is 4.80 Å². The van der Waals surface area contributed by atoms with Crippen molar-refractivity contribution in [2.45, 2.75) is 13.5 Å². The Morgan fingerprint density at radius 1 is 1.38 bits per heavy atom. The van der Waals surface area contributed by atoms with E-state index >= 15 is 0 Å². The minimum absolute atomic E-state index is 0.319. The molecule has 0 aliphatic heterocycles. The zero-order chi connectivity index (χ0) is 18.3. The number of hydrogen-bond donors (Lipinski definition) is 0. The van der Waals surface area contributed by atoms with Crippen molar-refractivity contribution in [3.63, 3.8) is 0 Å². The highest BCUT2D eigenvalue weighted by molar-refractivity contribution is 7.16.